The second-order valence-electron chi connectivity index (χ2n) is 5.67. The van der Waals surface area contributed by atoms with Gasteiger partial charge in [-0.3, -0.25) is 0 Å². The maximum absolute atomic E-state index is 6.18. The van der Waals surface area contributed by atoms with E-state index in [-0.39, 0.29) is 11.5 Å². The molecule has 16 heavy (non-hydrogen) atoms. The lowest BCUT2D eigenvalue weighted by Gasteiger charge is -2.31. The number of nitrogens with two attached hydrogens (primary N) is 1. The Morgan fingerprint density at radius 1 is 1.31 bits per heavy atom. The number of hydrogen-bond acceptors (Lipinski definition) is 2. The monoisotopic (exact) mass is 219 g/mol. The van der Waals surface area contributed by atoms with E-state index in [1.807, 2.05) is 0 Å². The van der Waals surface area contributed by atoms with Crippen LogP contribution in [0.25, 0.3) is 0 Å². The SMILES string of the molecule is Cc1ccc(C(C)(C)C)c2c1C(N)CCO2. The van der Waals surface area contributed by atoms with Gasteiger partial charge >= 0.3 is 0 Å². The Kier molecular flexibility index (Phi) is 2.70. The third-order valence-corrected chi connectivity index (χ3v) is 3.27. The summed E-state index contributed by atoms with van der Waals surface area (Å²) in [5.74, 6) is 1.03. The Hall–Kier alpha value is -1.02. The standard InChI is InChI=1S/C14H21NO/c1-9-5-6-10(14(2,3)4)13-12(9)11(15)7-8-16-13/h5-6,11H,7-8,15H2,1-4H3. The second-order valence-corrected chi connectivity index (χ2v) is 5.67. The molecule has 1 aromatic rings. The maximum atomic E-state index is 6.18. The second kappa shape index (κ2) is 3.77. The van der Waals surface area contributed by atoms with Crippen LogP contribution >= 0.6 is 0 Å². The van der Waals surface area contributed by atoms with Crippen LogP contribution in [0.1, 0.15) is 49.9 Å². The minimum absolute atomic E-state index is 0.106. The topological polar surface area (TPSA) is 35.2 Å². The fraction of sp³-hybridized carbons (Fsp3) is 0.571. The Labute approximate surface area is 97.8 Å². The molecule has 0 bridgehead atoms. The van der Waals surface area contributed by atoms with Gasteiger partial charge in [-0.05, 0) is 23.5 Å². The van der Waals surface area contributed by atoms with Gasteiger partial charge in [0.15, 0.2) is 0 Å². The van der Waals surface area contributed by atoms with E-state index in [1.54, 1.807) is 0 Å². The molecule has 2 nitrogen and oxygen atoms in total. The van der Waals surface area contributed by atoms with E-state index in [2.05, 4.69) is 39.8 Å². The van der Waals surface area contributed by atoms with Crippen LogP contribution in [-0.2, 0) is 5.41 Å². The fourth-order valence-corrected chi connectivity index (χ4v) is 2.34. The highest BCUT2D eigenvalue weighted by Crippen LogP contribution is 2.41. The van der Waals surface area contributed by atoms with Crippen LogP contribution in [0.15, 0.2) is 12.1 Å². The summed E-state index contributed by atoms with van der Waals surface area (Å²) in [4.78, 5) is 0. The Bertz CT molecular complexity index is 404. The van der Waals surface area contributed by atoms with Crippen molar-refractivity contribution in [3.8, 4) is 5.75 Å². The zero-order valence-corrected chi connectivity index (χ0v) is 10.6. The van der Waals surface area contributed by atoms with Gasteiger partial charge in [0, 0.05) is 18.0 Å². The largest absolute Gasteiger partial charge is 0.493 e. The molecule has 1 aliphatic heterocycles. The van der Waals surface area contributed by atoms with E-state index in [9.17, 15) is 0 Å². The van der Waals surface area contributed by atoms with Crippen LogP contribution < -0.4 is 10.5 Å². The first-order valence-electron chi connectivity index (χ1n) is 5.93. The molecule has 0 spiro atoms. The number of ether oxygens (including phenoxy) is 1. The molecule has 0 amide bonds. The zero-order chi connectivity index (χ0) is 11.9. The van der Waals surface area contributed by atoms with Gasteiger partial charge in [0.25, 0.3) is 0 Å². The van der Waals surface area contributed by atoms with Crippen molar-refractivity contribution in [1.29, 1.82) is 0 Å². The molecule has 1 heterocycles. The smallest absolute Gasteiger partial charge is 0.128 e. The van der Waals surface area contributed by atoms with E-state index in [1.165, 1.54) is 16.7 Å². The molecule has 0 aromatic heterocycles. The average molecular weight is 219 g/mol. The summed E-state index contributed by atoms with van der Waals surface area (Å²) in [7, 11) is 0. The molecular formula is C14H21NO. The normalized spacial score (nSPS) is 20.2. The molecular weight excluding hydrogens is 198 g/mol. The van der Waals surface area contributed by atoms with Crippen molar-refractivity contribution in [3.63, 3.8) is 0 Å². The summed E-state index contributed by atoms with van der Waals surface area (Å²) < 4.78 is 5.85. The summed E-state index contributed by atoms with van der Waals surface area (Å²) >= 11 is 0. The van der Waals surface area contributed by atoms with Crippen molar-refractivity contribution in [3.05, 3.63) is 28.8 Å². The highest BCUT2D eigenvalue weighted by molar-refractivity contribution is 5.51. The van der Waals surface area contributed by atoms with Crippen molar-refractivity contribution in [2.24, 2.45) is 5.73 Å². The number of hydrogen-bond donors (Lipinski definition) is 1. The summed E-state index contributed by atoms with van der Waals surface area (Å²) in [6, 6.07) is 4.46. The quantitative estimate of drug-likeness (QED) is 0.727. The first-order chi connectivity index (χ1) is 7.41. The Morgan fingerprint density at radius 2 is 2.00 bits per heavy atom. The van der Waals surface area contributed by atoms with Crippen molar-refractivity contribution in [2.45, 2.75) is 45.6 Å². The predicted octanol–water partition coefficient (Wildman–Crippen LogP) is 3.07. The molecule has 0 saturated heterocycles. The third kappa shape index (κ3) is 1.82. The lowest BCUT2D eigenvalue weighted by atomic mass is 9.82. The van der Waals surface area contributed by atoms with Crippen molar-refractivity contribution >= 4 is 0 Å². The van der Waals surface area contributed by atoms with Crippen LogP contribution in [-0.4, -0.2) is 6.61 Å². The molecule has 1 atom stereocenters. The van der Waals surface area contributed by atoms with E-state index < -0.39 is 0 Å². The van der Waals surface area contributed by atoms with Gasteiger partial charge in [0.05, 0.1) is 6.61 Å². The molecule has 0 aliphatic carbocycles. The van der Waals surface area contributed by atoms with Crippen molar-refractivity contribution in [2.75, 3.05) is 6.61 Å². The molecule has 1 aromatic carbocycles. The van der Waals surface area contributed by atoms with Gasteiger partial charge in [-0.1, -0.05) is 32.9 Å². The minimum Gasteiger partial charge on any atom is -0.493 e. The van der Waals surface area contributed by atoms with Crippen LogP contribution in [0, 0.1) is 6.92 Å². The zero-order valence-electron chi connectivity index (χ0n) is 10.6. The summed E-state index contributed by atoms with van der Waals surface area (Å²) in [5, 5.41) is 0. The van der Waals surface area contributed by atoms with Crippen LogP contribution in [0.3, 0.4) is 0 Å². The van der Waals surface area contributed by atoms with Crippen molar-refractivity contribution < 1.29 is 4.74 Å². The molecule has 0 radical (unpaired) electrons. The average Bonchev–Trinajstić information content (AvgIpc) is 2.16. The van der Waals surface area contributed by atoms with E-state index in [4.69, 9.17) is 10.5 Å². The van der Waals surface area contributed by atoms with Gasteiger partial charge in [-0.2, -0.15) is 0 Å². The molecule has 88 valence electrons. The molecule has 1 aliphatic rings. The first kappa shape index (κ1) is 11.5. The highest BCUT2D eigenvalue weighted by atomic mass is 16.5. The summed E-state index contributed by atoms with van der Waals surface area (Å²) in [6.07, 6.45) is 0.918. The molecule has 0 fully saturated rings. The van der Waals surface area contributed by atoms with Crippen LogP contribution in [0.5, 0.6) is 5.75 Å². The lowest BCUT2D eigenvalue weighted by molar-refractivity contribution is 0.261. The number of rotatable bonds is 0. The number of fused-ring (bicyclic) bond motifs is 1. The van der Waals surface area contributed by atoms with E-state index >= 15 is 0 Å². The van der Waals surface area contributed by atoms with E-state index in [0.29, 0.717) is 0 Å². The molecule has 2 N–H and O–H groups in total. The summed E-state index contributed by atoms with van der Waals surface area (Å²) in [6.45, 7) is 9.48. The Morgan fingerprint density at radius 3 is 2.62 bits per heavy atom. The molecule has 2 heteroatoms. The number of benzene rings is 1. The van der Waals surface area contributed by atoms with Gasteiger partial charge in [-0.15, -0.1) is 0 Å². The van der Waals surface area contributed by atoms with Crippen LogP contribution in [0.4, 0.5) is 0 Å². The lowest BCUT2D eigenvalue weighted by Crippen LogP contribution is -2.25. The highest BCUT2D eigenvalue weighted by Gasteiger charge is 2.27. The third-order valence-electron chi connectivity index (χ3n) is 3.27. The summed E-state index contributed by atoms with van der Waals surface area (Å²) in [5.41, 5.74) is 10.0. The molecule has 0 saturated carbocycles. The fourth-order valence-electron chi connectivity index (χ4n) is 2.34. The van der Waals surface area contributed by atoms with Gasteiger partial charge in [0.1, 0.15) is 5.75 Å². The van der Waals surface area contributed by atoms with Gasteiger partial charge in [0.2, 0.25) is 0 Å². The number of aryl methyl sites for hydroxylation is 1. The van der Waals surface area contributed by atoms with Crippen LogP contribution in [0.2, 0.25) is 0 Å². The molecule has 2 rings (SSSR count). The minimum atomic E-state index is 0.106. The Balaban J connectivity index is 2.63. The van der Waals surface area contributed by atoms with Gasteiger partial charge < -0.3 is 10.5 Å². The molecule has 1 unspecified atom stereocenters. The maximum Gasteiger partial charge on any atom is 0.128 e. The first-order valence-corrected chi connectivity index (χ1v) is 5.93. The van der Waals surface area contributed by atoms with E-state index in [0.717, 1.165) is 18.8 Å². The van der Waals surface area contributed by atoms with Crippen molar-refractivity contribution in [1.82, 2.24) is 0 Å². The van der Waals surface area contributed by atoms with Gasteiger partial charge in [-0.25, -0.2) is 0 Å². The predicted molar refractivity (Wildman–Crippen MR) is 66.9 cm³/mol.